The first-order valence-electron chi connectivity index (χ1n) is 16.4. The van der Waals surface area contributed by atoms with Crippen molar-refractivity contribution in [3.05, 3.63) is 42.4 Å². The van der Waals surface area contributed by atoms with Crippen molar-refractivity contribution in [1.29, 1.82) is 0 Å². The number of hydrogen-bond donors (Lipinski definition) is 2. The van der Waals surface area contributed by atoms with E-state index in [1.165, 1.54) is 30.3 Å². The summed E-state index contributed by atoms with van der Waals surface area (Å²) in [5.41, 5.74) is -1.45. The average Bonchev–Trinajstić information content (AvgIpc) is 3.88. The molecular formula is C34H43FN4O7S. The number of sulfonamides is 1. The van der Waals surface area contributed by atoms with E-state index in [-0.39, 0.29) is 43.5 Å². The van der Waals surface area contributed by atoms with Gasteiger partial charge in [-0.3, -0.25) is 19.1 Å². The minimum absolute atomic E-state index is 0.0741. The molecule has 0 bridgehead atoms. The highest BCUT2D eigenvalue weighted by Gasteiger charge is 2.63. The third-order valence-electron chi connectivity index (χ3n) is 10.3. The molecule has 1 saturated heterocycles. The van der Waals surface area contributed by atoms with Crippen LogP contribution in [0.2, 0.25) is 0 Å². The van der Waals surface area contributed by atoms with Crippen LogP contribution in [0.5, 0.6) is 11.6 Å². The standard InChI is InChI=1S/C34H43FN4O7S/c1-20-7-5-6-8-22-18-34(22,32(42)38-47(43,44)33(3)10-11-33)37-30(41)27-17-24(19-39(27)29(40)14-21(2)13-20)46-31-26-15-23(35)16-28(45-4)25(26)9-12-36-31/h6,8-9,12,15-16,20-22,24,27H,5,7,10-11,13-14,17-19H2,1-4H3,(H,37,41)(H,38,42)/b8-6-/t20-,21+,22+,24+,27-,34+/m0/s1. The van der Waals surface area contributed by atoms with Crippen LogP contribution in [0.4, 0.5) is 4.39 Å². The van der Waals surface area contributed by atoms with E-state index in [9.17, 15) is 27.2 Å². The minimum Gasteiger partial charge on any atom is -0.496 e. The van der Waals surface area contributed by atoms with Gasteiger partial charge in [0.2, 0.25) is 27.7 Å². The molecule has 6 atom stereocenters. The van der Waals surface area contributed by atoms with Gasteiger partial charge in [0.25, 0.3) is 5.91 Å². The number of amides is 3. The second kappa shape index (κ2) is 12.4. The number of halogens is 1. The van der Waals surface area contributed by atoms with E-state index >= 15 is 0 Å². The van der Waals surface area contributed by atoms with Gasteiger partial charge in [-0.15, -0.1) is 0 Å². The molecule has 1 aromatic carbocycles. The Morgan fingerprint density at radius 3 is 2.64 bits per heavy atom. The Bertz CT molecular complexity index is 1730. The van der Waals surface area contributed by atoms with Gasteiger partial charge in [0.15, 0.2) is 0 Å². The Balaban J connectivity index is 1.29. The van der Waals surface area contributed by atoms with Crippen molar-refractivity contribution in [2.45, 2.75) is 94.6 Å². The number of nitrogens with one attached hydrogen (secondary N) is 2. The molecule has 11 nitrogen and oxygen atoms in total. The maximum Gasteiger partial charge on any atom is 0.259 e. The number of carbonyl (C=O) groups excluding carboxylic acids is 3. The number of aromatic nitrogens is 1. The third kappa shape index (κ3) is 6.55. The molecule has 2 aliphatic heterocycles. The number of ether oxygens (including phenoxy) is 2. The Morgan fingerprint density at radius 1 is 1.15 bits per heavy atom. The lowest BCUT2D eigenvalue weighted by molar-refractivity contribution is -0.140. The number of methoxy groups -OCH3 is 1. The molecule has 2 aliphatic carbocycles. The topological polar surface area (TPSA) is 144 Å². The van der Waals surface area contributed by atoms with E-state index in [4.69, 9.17) is 9.47 Å². The molecule has 254 valence electrons. The monoisotopic (exact) mass is 670 g/mol. The summed E-state index contributed by atoms with van der Waals surface area (Å²) < 4.78 is 53.3. The molecule has 0 spiro atoms. The molecule has 2 N–H and O–H groups in total. The van der Waals surface area contributed by atoms with Crippen molar-refractivity contribution in [2.24, 2.45) is 17.8 Å². The van der Waals surface area contributed by atoms with E-state index in [2.05, 4.69) is 21.9 Å². The summed E-state index contributed by atoms with van der Waals surface area (Å²) in [6.45, 7) is 5.85. The fraction of sp³-hybridized carbons (Fsp3) is 0.588. The highest BCUT2D eigenvalue weighted by atomic mass is 32.2. The molecule has 13 heteroatoms. The zero-order chi connectivity index (χ0) is 33.7. The Morgan fingerprint density at radius 2 is 1.91 bits per heavy atom. The minimum atomic E-state index is -3.94. The Kier molecular flexibility index (Phi) is 8.73. The number of allylic oxidation sites excluding steroid dienone is 1. The Hall–Kier alpha value is -3.74. The van der Waals surface area contributed by atoms with E-state index in [0.717, 1.165) is 19.3 Å². The summed E-state index contributed by atoms with van der Waals surface area (Å²) in [6.07, 6.45) is 8.74. The summed E-state index contributed by atoms with van der Waals surface area (Å²) >= 11 is 0. The molecular weight excluding hydrogens is 627 g/mol. The maximum atomic E-state index is 14.5. The zero-order valence-electron chi connectivity index (χ0n) is 27.3. The summed E-state index contributed by atoms with van der Waals surface area (Å²) in [5, 5.41) is 3.87. The van der Waals surface area contributed by atoms with Crippen molar-refractivity contribution in [3.8, 4) is 11.6 Å². The quantitative estimate of drug-likeness (QED) is 0.439. The molecule has 3 amide bonds. The second-order valence-electron chi connectivity index (χ2n) is 14.2. The van der Waals surface area contributed by atoms with Crippen LogP contribution in [-0.4, -0.2) is 72.1 Å². The normalized spacial score (nSPS) is 31.4. The lowest BCUT2D eigenvalue weighted by Gasteiger charge is -2.28. The predicted octanol–water partition coefficient (Wildman–Crippen LogP) is 4.01. The highest BCUT2D eigenvalue weighted by Crippen LogP contribution is 2.47. The van der Waals surface area contributed by atoms with Crippen LogP contribution in [0.3, 0.4) is 0 Å². The number of carbonyl (C=O) groups is 3. The predicted molar refractivity (Wildman–Crippen MR) is 172 cm³/mol. The van der Waals surface area contributed by atoms with E-state index in [1.54, 1.807) is 13.0 Å². The van der Waals surface area contributed by atoms with Crippen molar-refractivity contribution >= 4 is 38.5 Å². The number of nitrogens with zero attached hydrogens (tertiary/aromatic N) is 2. The molecule has 47 heavy (non-hydrogen) atoms. The molecule has 0 unspecified atom stereocenters. The van der Waals surface area contributed by atoms with E-state index in [0.29, 0.717) is 35.3 Å². The van der Waals surface area contributed by atoms with Gasteiger partial charge in [0.1, 0.15) is 29.3 Å². The summed E-state index contributed by atoms with van der Waals surface area (Å²) in [5.74, 6) is -1.57. The van der Waals surface area contributed by atoms with E-state index in [1.807, 2.05) is 19.1 Å². The highest BCUT2D eigenvalue weighted by molar-refractivity contribution is 7.91. The number of pyridine rings is 1. The summed E-state index contributed by atoms with van der Waals surface area (Å²) in [7, 11) is -2.50. The van der Waals surface area contributed by atoms with Crippen molar-refractivity contribution in [1.82, 2.24) is 19.9 Å². The van der Waals surface area contributed by atoms with Gasteiger partial charge in [0, 0.05) is 36.4 Å². The maximum absolute atomic E-state index is 14.5. The fourth-order valence-corrected chi connectivity index (χ4v) is 8.34. The van der Waals surface area contributed by atoms with Gasteiger partial charge in [-0.1, -0.05) is 26.0 Å². The van der Waals surface area contributed by atoms with Crippen LogP contribution in [-0.2, 0) is 24.4 Å². The van der Waals surface area contributed by atoms with E-state index < -0.39 is 56.0 Å². The van der Waals surface area contributed by atoms with Gasteiger partial charge < -0.3 is 19.7 Å². The molecule has 2 saturated carbocycles. The van der Waals surface area contributed by atoms with Crippen LogP contribution in [0.25, 0.3) is 10.8 Å². The van der Waals surface area contributed by atoms with Crippen molar-refractivity contribution in [3.63, 3.8) is 0 Å². The first kappa shape index (κ1) is 33.2. The van der Waals surface area contributed by atoms with Crippen LogP contribution in [0.15, 0.2) is 36.5 Å². The number of benzene rings is 1. The second-order valence-corrected chi connectivity index (χ2v) is 16.4. The van der Waals surface area contributed by atoms with Gasteiger partial charge in [0.05, 0.1) is 23.8 Å². The largest absolute Gasteiger partial charge is 0.496 e. The lowest BCUT2D eigenvalue weighted by Crippen LogP contribution is -2.57. The molecule has 1 aromatic heterocycles. The SMILES string of the molecule is COc1cc(F)cc2c(O[C@@H]3C[C@H]4C(=O)N[C@]5(C(=O)NS(=O)(=O)C6(C)CC6)C[C@H]5/C=C\CC[C@H](C)C[C@@H](C)CC(=O)N4C3)nccc12. The van der Waals surface area contributed by atoms with Gasteiger partial charge in [-0.05, 0) is 69.4 Å². The molecule has 6 rings (SSSR count). The van der Waals surface area contributed by atoms with Gasteiger partial charge in [-0.25, -0.2) is 17.8 Å². The average molecular weight is 671 g/mol. The molecule has 3 heterocycles. The molecule has 3 fully saturated rings. The first-order chi connectivity index (χ1) is 22.2. The number of hydrogen-bond acceptors (Lipinski definition) is 8. The zero-order valence-corrected chi connectivity index (χ0v) is 28.1. The molecule has 2 aromatic rings. The lowest BCUT2D eigenvalue weighted by atomic mass is 9.91. The van der Waals surface area contributed by atoms with Gasteiger partial charge in [-0.2, -0.15) is 0 Å². The number of rotatable bonds is 6. The van der Waals surface area contributed by atoms with Crippen LogP contribution in [0, 0.1) is 23.6 Å². The van der Waals surface area contributed by atoms with Crippen molar-refractivity contribution < 1.29 is 36.7 Å². The molecule has 0 radical (unpaired) electrons. The summed E-state index contributed by atoms with van der Waals surface area (Å²) in [6, 6.07) is 3.28. The molecule has 4 aliphatic rings. The van der Waals surface area contributed by atoms with Crippen LogP contribution in [0.1, 0.15) is 72.1 Å². The van der Waals surface area contributed by atoms with Crippen molar-refractivity contribution in [2.75, 3.05) is 13.7 Å². The Labute approximate surface area is 274 Å². The number of fused-ring (bicyclic) bond motifs is 3. The van der Waals surface area contributed by atoms with Gasteiger partial charge >= 0.3 is 0 Å². The smallest absolute Gasteiger partial charge is 0.259 e. The van der Waals surface area contributed by atoms with Crippen LogP contribution < -0.4 is 19.5 Å². The van der Waals surface area contributed by atoms with Crippen LogP contribution >= 0.6 is 0 Å². The third-order valence-corrected chi connectivity index (χ3v) is 12.4. The first-order valence-corrected chi connectivity index (χ1v) is 17.9. The summed E-state index contributed by atoms with van der Waals surface area (Å²) in [4.78, 5) is 47.3. The fourth-order valence-electron chi connectivity index (χ4n) is 7.03.